The minimum Gasteiger partial charge on any atom is -0.462 e. The van der Waals surface area contributed by atoms with Crippen LogP contribution in [0.2, 0.25) is 0 Å². The smallest absolute Gasteiger partial charge is 0.306 e. The summed E-state index contributed by atoms with van der Waals surface area (Å²) in [5, 5.41) is 23.7. The average Bonchev–Trinajstić information content (AvgIpc) is 3.22. The molecule has 0 bridgehead atoms. The lowest BCUT2D eigenvalue weighted by Gasteiger charge is -2.24. The fourth-order valence-corrected chi connectivity index (χ4v) is 7.50. The average molecular weight is 814 g/mol. The van der Waals surface area contributed by atoms with E-state index in [0.29, 0.717) is 19.3 Å². The predicted octanol–water partition coefficient (Wildman–Crippen LogP) is 14.7. The van der Waals surface area contributed by atoms with Gasteiger partial charge in [-0.25, -0.2) is 0 Å². The minimum atomic E-state index is -0.789. The van der Waals surface area contributed by atoms with Gasteiger partial charge >= 0.3 is 5.97 Å². The third kappa shape index (κ3) is 40.6. The predicted molar refractivity (Wildman–Crippen MR) is 250 cm³/mol. The monoisotopic (exact) mass is 814 g/mol. The lowest BCUT2D eigenvalue weighted by Crippen LogP contribution is -2.46. The van der Waals surface area contributed by atoms with Crippen molar-refractivity contribution in [3.05, 3.63) is 48.6 Å². The van der Waals surface area contributed by atoms with Crippen molar-refractivity contribution in [1.82, 2.24) is 5.32 Å². The quantitative estimate of drug-likeness (QED) is 0.0323. The Morgan fingerprint density at radius 3 is 1.41 bits per heavy atom. The van der Waals surface area contributed by atoms with Gasteiger partial charge in [0.2, 0.25) is 5.91 Å². The SMILES string of the molecule is CC/C=C/C=C/C=C/C=C\CCCCCCCC(=O)OC(CCCCCCCCCCCC)CC(=O)NC(CO)C(O)CCCCCCCCCCCCCCCC. The van der Waals surface area contributed by atoms with Gasteiger partial charge in [-0.05, 0) is 44.9 Å². The van der Waals surface area contributed by atoms with Gasteiger partial charge in [0.05, 0.1) is 25.2 Å². The number of carbonyl (C=O) groups excluding carboxylic acids is 2. The molecule has 0 aliphatic rings. The maximum atomic E-state index is 13.2. The van der Waals surface area contributed by atoms with Gasteiger partial charge in [-0.1, -0.05) is 236 Å². The van der Waals surface area contributed by atoms with Crippen LogP contribution in [0.15, 0.2) is 48.6 Å². The molecular weight excluding hydrogens is 719 g/mol. The molecular formula is C52H95NO5. The van der Waals surface area contributed by atoms with Gasteiger partial charge in [-0.2, -0.15) is 0 Å². The van der Waals surface area contributed by atoms with Gasteiger partial charge in [0.15, 0.2) is 0 Å². The first kappa shape index (κ1) is 55.8. The van der Waals surface area contributed by atoms with Gasteiger partial charge in [-0.3, -0.25) is 9.59 Å². The van der Waals surface area contributed by atoms with Crippen LogP contribution in [-0.2, 0) is 14.3 Å². The Morgan fingerprint density at radius 1 is 0.517 bits per heavy atom. The Balaban J connectivity index is 4.54. The molecule has 1 amide bonds. The summed E-state index contributed by atoms with van der Waals surface area (Å²) in [5.41, 5.74) is 0. The molecule has 0 fully saturated rings. The van der Waals surface area contributed by atoms with E-state index in [4.69, 9.17) is 4.74 Å². The summed E-state index contributed by atoms with van der Waals surface area (Å²) in [6, 6.07) is -0.703. The van der Waals surface area contributed by atoms with Crippen molar-refractivity contribution < 1.29 is 24.5 Å². The summed E-state index contributed by atoms with van der Waals surface area (Å²) < 4.78 is 5.91. The van der Waals surface area contributed by atoms with Crippen LogP contribution in [-0.4, -0.2) is 46.9 Å². The van der Waals surface area contributed by atoms with E-state index in [1.807, 2.05) is 18.2 Å². The van der Waals surface area contributed by atoms with Crippen LogP contribution in [0, 0.1) is 0 Å². The molecule has 0 spiro atoms. The van der Waals surface area contributed by atoms with Gasteiger partial charge in [-0.15, -0.1) is 0 Å². The zero-order valence-electron chi connectivity index (χ0n) is 38.4. The lowest BCUT2D eigenvalue weighted by atomic mass is 10.0. The molecule has 0 aromatic heterocycles. The minimum absolute atomic E-state index is 0.0696. The van der Waals surface area contributed by atoms with Crippen LogP contribution in [0.1, 0.15) is 245 Å². The molecule has 0 saturated carbocycles. The molecule has 6 nitrogen and oxygen atoms in total. The highest BCUT2D eigenvalue weighted by molar-refractivity contribution is 5.77. The van der Waals surface area contributed by atoms with Crippen molar-refractivity contribution in [3.63, 3.8) is 0 Å². The van der Waals surface area contributed by atoms with E-state index in [1.54, 1.807) is 0 Å². The van der Waals surface area contributed by atoms with E-state index < -0.39 is 18.2 Å². The van der Waals surface area contributed by atoms with Crippen LogP contribution < -0.4 is 5.32 Å². The fraction of sp³-hybridized carbons (Fsp3) is 0.808. The number of hydrogen-bond acceptors (Lipinski definition) is 5. The van der Waals surface area contributed by atoms with Crippen LogP contribution in [0.25, 0.3) is 0 Å². The molecule has 0 aromatic carbocycles. The molecule has 3 atom stereocenters. The Hall–Kier alpha value is -2.18. The largest absolute Gasteiger partial charge is 0.462 e. The van der Waals surface area contributed by atoms with E-state index in [9.17, 15) is 19.8 Å². The molecule has 0 rings (SSSR count). The molecule has 3 unspecified atom stereocenters. The maximum absolute atomic E-state index is 13.2. The highest BCUT2D eigenvalue weighted by Gasteiger charge is 2.24. The van der Waals surface area contributed by atoms with E-state index in [-0.39, 0.29) is 24.9 Å². The van der Waals surface area contributed by atoms with Crippen molar-refractivity contribution in [2.45, 2.75) is 264 Å². The molecule has 0 aliphatic heterocycles. The number of ether oxygens (including phenoxy) is 1. The molecule has 3 N–H and O–H groups in total. The van der Waals surface area contributed by atoms with Crippen molar-refractivity contribution in [3.8, 4) is 0 Å². The number of esters is 1. The Kier molecular flexibility index (Phi) is 44.2. The zero-order valence-corrected chi connectivity index (χ0v) is 38.4. The summed E-state index contributed by atoms with van der Waals surface area (Å²) in [6.45, 7) is 6.34. The van der Waals surface area contributed by atoms with Crippen LogP contribution >= 0.6 is 0 Å². The van der Waals surface area contributed by atoms with Gasteiger partial charge in [0.1, 0.15) is 6.10 Å². The summed E-state index contributed by atoms with van der Waals surface area (Å²) in [4.78, 5) is 26.1. The summed E-state index contributed by atoms with van der Waals surface area (Å²) in [6.07, 6.45) is 54.5. The molecule has 58 heavy (non-hydrogen) atoms. The van der Waals surface area contributed by atoms with Crippen LogP contribution in [0.3, 0.4) is 0 Å². The number of carbonyl (C=O) groups is 2. The topological polar surface area (TPSA) is 95.9 Å². The number of unbranched alkanes of at least 4 members (excludes halogenated alkanes) is 27. The number of hydrogen-bond donors (Lipinski definition) is 3. The third-order valence-electron chi connectivity index (χ3n) is 11.3. The van der Waals surface area contributed by atoms with Crippen molar-refractivity contribution in [2.75, 3.05) is 6.61 Å². The first-order valence-corrected chi connectivity index (χ1v) is 24.9. The summed E-state index contributed by atoms with van der Waals surface area (Å²) in [7, 11) is 0. The highest BCUT2D eigenvalue weighted by atomic mass is 16.5. The van der Waals surface area contributed by atoms with E-state index in [2.05, 4.69) is 56.5 Å². The molecule has 0 aromatic rings. The van der Waals surface area contributed by atoms with Crippen molar-refractivity contribution in [2.24, 2.45) is 0 Å². The first-order chi connectivity index (χ1) is 28.5. The molecule has 0 aliphatic carbocycles. The number of nitrogens with one attached hydrogen (secondary N) is 1. The Bertz CT molecular complexity index is 1000. The second-order valence-corrected chi connectivity index (χ2v) is 16.9. The Labute approximate surface area is 359 Å². The second kappa shape index (κ2) is 45.9. The van der Waals surface area contributed by atoms with Crippen molar-refractivity contribution >= 4 is 11.9 Å². The standard InChI is InChI=1S/C52H95NO5/c1-4-7-10-13-16-19-22-24-26-28-30-33-36-39-42-45-52(57)58-48(43-40-37-34-31-21-18-15-12-9-6-3)46-51(56)53-49(47-54)50(55)44-41-38-35-32-29-27-25-23-20-17-14-11-8-5-2/h7,10,13,16,19,22,24,26,48-50,54-55H,4-6,8-9,11-12,14-15,17-18,20-21,23,25,27-47H2,1-3H3,(H,53,56)/b10-7+,16-13+,22-19+,26-24-. The van der Waals surface area contributed by atoms with Crippen LogP contribution in [0.4, 0.5) is 0 Å². The van der Waals surface area contributed by atoms with E-state index in [1.165, 1.54) is 122 Å². The maximum Gasteiger partial charge on any atom is 0.306 e. The highest BCUT2D eigenvalue weighted by Crippen LogP contribution is 2.18. The molecule has 338 valence electrons. The Morgan fingerprint density at radius 2 is 0.931 bits per heavy atom. The first-order valence-electron chi connectivity index (χ1n) is 24.9. The third-order valence-corrected chi connectivity index (χ3v) is 11.3. The fourth-order valence-electron chi connectivity index (χ4n) is 7.50. The number of allylic oxidation sites excluding steroid dienone is 8. The van der Waals surface area contributed by atoms with Gasteiger partial charge in [0, 0.05) is 6.42 Å². The number of amides is 1. The molecule has 6 heteroatoms. The molecule has 0 radical (unpaired) electrons. The zero-order chi connectivity index (χ0) is 42.4. The number of rotatable bonds is 44. The van der Waals surface area contributed by atoms with Gasteiger partial charge in [0.25, 0.3) is 0 Å². The normalized spacial score (nSPS) is 13.7. The number of aliphatic hydroxyl groups excluding tert-OH is 2. The van der Waals surface area contributed by atoms with E-state index >= 15 is 0 Å². The number of aliphatic hydroxyl groups is 2. The summed E-state index contributed by atoms with van der Waals surface area (Å²) in [5.74, 6) is -0.496. The van der Waals surface area contributed by atoms with Crippen molar-refractivity contribution in [1.29, 1.82) is 0 Å². The van der Waals surface area contributed by atoms with Crippen LogP contribution in [0.5, 0.6) is 0 Å². The molecule has 0 saturated heterocycles. The van der Waals surface area contributed by atoms with Gasteiger partial charge < -0.3 is 20.3 Å². The molecule has 0 heterocycles. The van der Waals surface area contributed by atoms with E-state index in [0.717, 1.165) is 77.0 Å². The lowest BCUT2D eigenvalue weighted by molar-refractivity contribution is -0.151. The second-order valence-electron chi connectivity index (χ2n) is 16.9. The summed E-state index contributed by atoms with van der Waals surface area (Å²) >= 11 is 0.